The van der Waals surface area contributed by atoms with Crippen LogP contribution in [0.2, 0.25) is 0 Å². The van der Waals surface area contributed by atoms with Crippen LogP contribution >= 0.6 is 0 Å². The quantitative estimate of drug-likeness (QED) is 0.402. The highest BCUT2D eigenvalue weighted by atomic mass is 32.2. The Morgan fingerprint density at radius 3 is 2.72 bits per heavy atom. The normalized spacial score (nSPS) is 16.7. The zero-order valence-electron chi connectivity index (χ0n) is 21.5. The number of hydrogen-bond acceptors (Lipinski definition) is 7. The summed E-state index contributed by atoms with van der Waals surface area (Å²) in [5, 5.41) is 4.48. The fourth-order valence-corrected chi connectivity index (χ4v) is 5.86. The first-order valence-electron chi connectivity index (χ1n) is 12.7. The Bertz CT molecular complexity index is 1380. The molecule has 3 aromatic rings. The smallest absolute Gasteiger partial charge is 0.299 e. The third-order valence-electron chi connectivity index (χ3n) is 6.69. The number of nitrogens with zero attached hydrogens (tertiary/aromatic N) is 4. The van der Waals surface area contributed by atoms with Crippen molar-refractivity contribution in [3.05, 3.63) is 34.2 Å². The molecular formula is C25H36N6O4S. The molecule has 3 heterocycles. The minimum Gasteiger partial charge on any atom is -0.493 e. The summed E-state index contributed by atoms with van der Waals surface area (Å²) in [6, 6.07) is 5.08. The summed E-state index contributed by atoms with van der Waals surface area (Å²) < 4.78 is 36.5. The molecule has 0 spiro atoms. The van der Waals surface area contributed by atoms with Crippen molar-refractivity contribution < 1.29 is 13.2 Å². The largest absolute Gasteiger partial charge is 0.493 e. The summed E-state index contributed by atoms with van der Waals surface area (Å²) in [4.78, 5) is 22.8. The maximum absolute atomic E-state index is 13.1. The molecular weight excluding hydrogens is 480 g/mol. The van der Waals surface area contributed by atoms with E-state index in [1.54, 1.807) is 13.1 Å². The van der Waals surface area contributed by atoms with Gasteiger partial charge in [0, 0.05) is 19.6 Å². The monoisotopic (exact) mass is 516 g/mol. The van der Waals surface area contributed by atoms with Gasteiger partial charge in [-0.1, -0.05) is 20.3 Å². The van der Waals surface area contributed by atoms with Gasteiger partial charge in [-0.2, -0.15) is 10.1 Å². The Balaban J connectivity index is 1.70. The number of benzene rings is 1. The molecule has 1 aliphatic rings. The fourth-order valence-electron chi connectivity index (χ4n) is 4.78. The third kappa shape index (κ3) is 5.47. The number of aromatic amines is 1. The lowest BCUT2D eigenvalue weighted by Gasteiger charge is -2.19. The van der Waals surface area contributed by atoms with Gasteiger partial charge >= 0.3 is 0 Å². The van der Waals surface area contributed by atoms with Crippen LogP contribution in [-0.2, 0) is 23.5 Å². The standard InChI is InChI=1S/C25H36N6O4S/c1-5-8-20-22-23(31(4)29-20)25(32)28-24(27-22)19-16-18(10-11-21(19)35-15-6-2)36(33,34)26-13-12-17-9-7-14-30(17)3/h10-11,16-17,26H,5-9,12-15H2,1-4H3,(H,27,28,32)/t17-/m0/s1. The summed E-state index contributed by atoms with van der Waals surface area (Å²) in [5.41, 5.74) is 1.77. The second kappa shape index (κ2) is 11.1. The van der Waals surface area contributed by atoms with Crippen molar-refractivity contribution in [3.8, 4) is 17.1 Å². The maximum Gasteiger partial charge on any atom is 0.299 e. The number of likely N-dealkylation sites (tertiary alicyclic amines) is 1. The van der Waals surface area contributed by atoms with Gasteiger partial charge in [-0.05, 0) is 63.9 Å². The molecule has 0 unspecified atom stereocenters. The molecule has 1 aliphatic heterocycles. The van der Waals surface area contributed by atoms with E-state index in [9.17, 15) is 13.2 Å². The van der Waals surface area contributed by atoms with Crippen molar-refractivity contribution in [2.24, 2.45) is 7.05 Å². The van der Waals surface area contributed by atoms with E-state index < -0.39 is 15.6 Å². The molecule has 0 amide bonds. The predicted molar refractivity (Wildman–Crippen MR) is 140 cm³/mol. The summed E-state index contributed by atoms with van der Waals surface area (Å²) in [6.07, 6.45) is 5.33. The summed E-state index contributed by atoms with van der Waals surface area (Å²) in [7, 11) is 0.0311. The van der Waals surface area contributed by atoms with E-state index in [0.29, 0.717) is 48.0 Å². The predicted octanol–water partition coefficient (Wildman–Crippen LogP) is 2.83. The fraction of sp³-hybridized carbons (Fsp3) is 0.560. The minimum absolute atomic E-state index is 0.101. The summed E-state index contributed by atoms with van der Waals surface area (Å²) in [6.45, 7) is 5.89. The van der Waals surface area contributed by atoms with Crippen molar-refractivity contribution in [1.82, 2.24) is 29.4 Å². The number of aryl methyl sites for hydroxylation is 2. The second-order valence-electron chi connectivity index (χ2n) is 9.40. The van der Waals surface area contributed by atoms with Gasteiger partial charge in [0.2, 0.25) is 10.0 Å². The van der Waals surface area contributed by atoms with Gasteiger partial charge in [0.15, 0.2) is 5.52 Å². The number of rotatable bonds is 11. The number of nitrogens with one attached hydrogen (secondary N) is 2. The number of hydrogen-bond donors (Lipinski definition) is 2. The minimum atomic E-state index is -3.76. The molecule has 1 atom stereocenters. The SMILES string of the molecule is CCCOc1ccc(S(=O)(=O)NCC[C@@H]2CCCN2C)cc1-c1nc(=O)c2c([nH]1)c(CCC)nn2C. The summed E-state index contributed by atoms with van der Waals surface area (Å²) >= 11 is 0. The molecule has 1 aromatic carbocycles. The Kier molecular flexibility index (Phi) is 8.11. The van der Waals surface area contributed by atoms with Crippen LogP contribution in [0.15, 0.2) is 27.9 Å². The molecule has 11 heteroatoms. The molecule has 2 N–H and O–H groups in total. The van der Waals surface area contributed by atoms with Gasteiger partial charge in [0.1, 0.15) is 11.6 Å². The molecule has 1 saturated heterocycles. The molecule has 0 aliphatic carbocycles. The van der Waals surface area contributed by atoms with Crippen LogP contribution in [0, 0.1) is 0 Å². The van der Waals surface area contributed by atoms with E-state index >= 15 is 0 Å². The van der Waals surface area contributed by atoms with Gasteiger partial charge in [-0.15, -0.1) is 0 Å². The molecule has 10 nitrogen and oxygen atoms in total. The van der Waals surface area contributed by atoms with Crippen LogP contribution in [0.5, 0.6) is 5.75 Å². The highest BCUT2D eigenvalue weighted by Gasteiger charge is 2.23. The molecule has 2 aromatic heterocycles. The third-order valence-corrected chi connectivity index (χ3v) is 8.14. The second-order valence-corrected chi connectivity index (χ2v) is 11.2. The molecule has 196 valence electrons. The van der Waals surface area contributed by atoms with Gasteiger partial charge in [0.05, 0.1) is 28.3 Å². The van der Waals surface area contributed by atoms with Gasteiger partial charge in [-0.25, -0.2) is 13.1 Å². The van der Waals surface area contributed by atoms with Gasteiger partial charge in [-0.3, -0.25) is 9.48 Å². The Morgan fingerprint density at radius 1 is 1.22 bits per heavy atom. The summed E-state index contributed by atoms with van der Waals surface area (Å²) in [5.74, 6) is 0.723. The van der Waals surface area contributed by atoms with Crippen molar-refractivity contribution in [1.29, 1.82) is 0 Å². The lowest BCUT2D eigenvalue weighted by atomic mass is 10.1. The van der Waals surface area contributed by atoms with E-state index in [-0.39, 0.29) is 10.7 Å². The maximum atomic E-state index is 13.1. The molecule has 4 rings (SSSR count). The van der Waals surface area contributed by atoms with E-state index in [4.69, 9.17) is 4.74 Å². The zero-order chi connectivity index (χ0) is 25.9. The van der Waals surface area contributed by atoms with Crippen molar-refractivity contribution in [2.75, 3.05) is 26.7 Å². The number of H-pyrrole nitrogens is 1. The van der Waals surface area contributed by atoms with E-state index in [0.717, 1.165) is 44.3 Å². The Labute approximate surface area is 212 Å². The van der Waals surface area contributed by atoms with Crippen LogP contribution in [0.4, 0.5) is 0 Å². The van der Waals surface area contributed by atoms with Gasteiger partial charge in [0.25, 0.3) is 5.56 Å². The van der Waals surface area contributed by atoms with Crippen LogP contribution in [0.3, 0.4) is 0 Å². The molecule has 0 saturated carbocycles. The lowest BCUT2D eigenvalue weighted by molar-refractivity contribution is 0.297. The Hall–Kier alpha value is -2.76. The van der Waals surface area contributed by atoms with Crippen LogP contribution in [0.1, 0.15) is 51.6 Å². The highest BCUT2D eigenvalue weighted by molar-refractivity contribution is 7.89. The van der Waals surface area contributed by atoms with E-state index in [1.165, 1.54) is 16.8 Å². The number of aromatic nitrogens is 4. The van der Waals surface area contributed by atoms with Crippen LogP contribution < -0.4 is 15.0 Å². The number of ether oxygens (including phenoxy) is 1. The topological polar surface area (TPSA) is 122 Å². The van der Waals surface area contributed by atoms with Crippen LogP contribution in [-0.4, -0.2) is 65.9 Å². The first-order chi connectivity index (χ1) is 17.2. The van der Waals surface area contributed by atoms with Crippen molar-refractivity contribution in [3.63, 3.8) is 0 Å². The lowest BCUT2D eigenvalue weighted by Crippen LogP contribution is -2.31. The molecule has 1 fully saturated rings. The first kappa shape index (κ1) is 26.3. The molecule has 0 radical (unpaired) electrons. The first-order valence-corrected chi connectivity index (χ1v) is 14.2. The van der Waals surface area contributed by atoms with Gasteiger partial charge < -0.3 is 14.6 Å². The van der Waals surface area contributed by atoms with Crippen molar-refractivity contribution in [2.45, 2.75) is 63.3 Å². The number of sulfonamides is 1. The Morgan fingerprint density at radius 2 is 2.03 bits per heavy atom. The van der Waals surface area contributed by atoms with E-state index in [2.05, 4.69) is 31.7 Å². The van der Waals surface area contributed by atoms with Crippen LogP contribution in [0.25, 0.3) is 22.4 Å². The zero-order valence-corrected chi connectivity index (χ0v) is 22.3. The van der Waals surface area contributed by atoms with E-state index in [1.807, 2.05) is 13.8 Å². The average molecular weight is 517 g/mol. The highest BCUT2D eigenvalue weighted by Crippen LogP contribution is 2.31. The molecule has 0 bridgehead atoms. The average Bonchev–Trinajstić information content (AvgIpc) is 3.40. The molecule has 36 heavy (non-hydrogen) atoms. The number of fused-ring (bicyclic) bond motifs is 1. The van der Waals surface area contributed by atoms with Crippen molar-refractivity contribution >= 4 is 21.1 Å².